The molecule has 5 nitrogen and oxygen atoms in total. The summed E-state index contributed by atoms with van der Waals surface area (Å²) in [5.41, 5.74) is 0.338. The van der Waals surface area contributed by atoms with E-state index in [0.29, 0.717) is 0 Å². The summed E-state index contributed by atoms with van der Waals surface area (Å²) in [7, 11) is -4.17. The molecule has 30 heavy (non-hydrogen) atoms. The number of carbonyl (C=O) groups excluding carboxylic acids is 1. The van der Waals surface area contributed by atoms with E-state index in [0.717, 1.165) is 28.1 Å². The average molecular weight is 451 g/mol. The zero-order valence-corrected chi connectivity index (χ0v) is 17.3. The molecule has 3 aromatic rings. The van der Waals surface area contributed by atoms with E-state index in [1.165, 1.54) is 30.3 Å². The van der Waals surface area contributed by atoms with Crippen LogP contribution in [0.1, 0.15) is 5.56 Å². The van der Waals surface area contributed by atoms with Gasteiger partial charge in [0, 0.05) is 5.02 Å². The molecular weight excluding hydrogens is 434 g/mol. The van der Waals surface area contributed by atoms with Gasteiger partial charge in [-0.2, -0.15) is 0 Å². The Morgan fingerprint density at radius 3 is 2.20 bits per heavy atom. The maximum absolute atomic E-state index is 13.9. The third-order valence-electron chi connectivity index (χ3n) is 4.22. The Bertz CT molecular complexity index is 1160. The Morgan fingerprint density at radius 2 is 1.60 bits per heavy atom. The van der Waals surface area contributed by atoms with E-state index < -0.39 is 39.8 Å². The molecule has 3 aromatic carbocycles. The highest BCUT2D eigenvalue weighted by Crippen LogP contribution is 2.27. The van der Waals surface area contributed by atoms with E-state index in [9.17, 15) is 22.0 Å². The number of rotatable bonds is 6. The molecule has 0 atom stereocenters. The second-order valence-electron chi connectivity index (χ2n) is 6.45. The third kappa shape index (κ3) is 4.77. The van der Waals surface area contributed by atoms with Crippen molar-refractivity contribution in [2.75, 3.05) is 16.2 Å². The summed E-state index contributed by atoms with van der Waals surface area (Å²) in [6, 6.07) is 15.1. The van der Waals surface area contributed by atoms with Crippen molar-refractivity contribution < 1.29 is 22.0 Å². The Morgan fingerprint density at radius 1 is 1.00 bits per heavy atom. The summed E-state index contributed by atoms with van der Waals surface area (Å²) in [5.74, 6) is -2.87. The first-order valence-corrected chi connectivity index (χ1v) is 10.6. The van der Waals surface area contributed by atoms with Crippen LogP contribution in [0.3, 0.4) is 0 Å². The summed E-state index contributed by atoms with van der Waals surface area (Å²) in [6.45, 7) is 1.09. The van der Waals surface area contributed by atoms with E-state index in [1.54, 1.807) is 18.2 Å². The molecule has 3 rings (SSSR count). The predicted octanol–water partition coefficient (Wildman–Crippen LogP) is 4.76. The van der Waals surface area contributed by atoms with E-state index in [4.69, 9.17) is 11.6 Å². The first kappa shape index (κ1) is 21.7. The second kappa shape index (κ2) is 8.81. The van der Waals surface area contributed by atoms with Crippen molar-refractivity contribution >= 4 is 38.9 Å². The third-order valence-corrected chi connectivity index (χ3v) is 6.24. The lowest BCUT2D eigenvalue weighted by atomic mass is 10.2. The van der Waals surface area contributed by atoms with Crippen molar-refractivity contribution in [3.8, 4) is 0 Å². The minimum Gasteiger partial charge on any atom is -0.320 e. The zero-order valence-electron chi connectivity index (χ0n) is 15.8. The summed E-state index contributed by atoms with van der Waals surface area (Å²) >= 11 is 5.99. The molecule has 9 heteroatoms. The molecule has 0 heterocycles. The van der Waals surface area contributed by atoms with Crippen molar-refractivity contribution in [3.63, 3.8) is 0 Å². The van der Waals surface area contributed by atoms with Crippen molar-refractivity contribution in [3.05, 3.63) is 89.0 Å². The molecule has 0 radical (unpaired) electrons. The van der Waals surface area contributed by atoms with E-state index in [-0.39, 0.29) is 15.6 Å². The van der Waals surface area contributed by atoms with Crippen LogP contribution in [-0.2, 0) is 14.8 Å². The van der Waals surface area contributed by atoms with Crippen LogP contribution in [-0.4, -0.2) is 20.9 Å². The van der Waals surface area contributed by atoms with Gasteiger partial charge in [-0.05, 0) is 49.4 Å². The molecule has 156 valence electrons. The SMILES string of the molecule is Cc1ccc(S(=O)(=O)N(CC(=O)Nc2c(F)cccc2F)c2cccc(Cl)c2)cc1. The predicted molar refractivity (Wildman–Crippen MR) is 112 cm³/mol. The molecule has 0 bridgehead atoms. The van der Waals surface area contributed by atoms with Gasteiger partial charge in [-0.3, -0.25) is 9.10 Å². The maximum atomic E-state index is 13.9. The van der Waals surface area contributed by atoms with Crippen LogP contribution < -0.4 is 9.62 Å². The highest BCUT2D eigenvalue weighted by Gasteiger charge is 2.28. The van der Waals surface area contributed by atoms with Gasteiger partial charge in [0.25, 0.3) is 10.0 Å². The number of sulfonamides is 1. The number of halogens is 3. The number of amides is 1. The van der Waals surface area contributed by atoms with Gasteiger partial charge in [0.15, 0.2) is 0 Å². The monoisotopic (exact) mass is 450 g/mol. The lowest BCUT2D eigenvalue weighted by molar-refractivity contribution is -0.114. The van der Waals surface area contributed by atoms with Gasteiger partial charge >= 0.3 is 0 Å². The van der Waals surface area contributed by atoms with E-state index >= 15 is 0 Å². The van der Waals surface area contributed by atoms with Crippen molar-refractivity contribution in [2.45, 2.75) is 11.8 Å². The Balaban J connectivity index is 1.98. The van der Waals surface area contributed by atoms with E-state index in [2.05, 4.69) is 5.32 Å². The first-order chi connectivity index (χ1) is 14.2. The van der Waals surface area contributed by atoms with Crippen LogP contribution in [0.25, 0.3) is 0 Å². The van der Waals surface area contributed by atoms with Gasteiger partial charge in [-0.1, -0.05) is 41.4 Å². The molecular formula is C21H17ClF2N2O3S. The van der Waals surface area contributed by atoms with Gasteiger partial charge in [0.2, 0.25) is 5.91 Å². The van der Waals surface area contributed by atoms with Gasteiger partial charge in [0.05, 0.1) is 10.6 Å². The standard InChI is InChI=1S/C21H17ClF2N2O3S/c1-14-8-10-17(11-9-14)30(28,29)26(16-5-2-4-15(22)12-16)13-20(27)25-21-18(23)6-3-7-19(21)24/h2-12H,13H2,1H3,(H,25,27). The fourth-order valence-electron chi connectivity index (χ4n) is 2.71. The maximum Gasteiger partial charge on any atom is 0.264 e. The molecule has 0 fully saturated rings. The van der Waals surface area contributed by atoms with Crippen LogP contribution >= 0.6 is 11.6 Å². The molecule has 0 saturated carbocycles. The van der Waals surface area contributed by atoms with Gasteiger partial charge in [0.1, 0.15) is 23.9 Å². The second-order valence-corrected chi connectivity index (χ2v) is 8.75. The summed E-state index contributed by atoms with van der Waals surface area (Å²) in [5, 5.41) is 2.36. The number of hydrogen-bond donors (Lipinski definition) is 1. The minimum absolute atomic E-state index is 0.0436. The molecule has 0 aliphatic carbocycles. The quantitative estimate of drug-likeness (QED) is 0.588. The van der Waals surface area contributed by atoms with E-state index in [1.807, 2.05) is 6.92 Å². The molecule has 0 spiro atoms. The average Bonchev–Trinajstić information content (AvgIpc) is 2.69. The Labute approximate surface area is 178 Å². The minimum atomic E-state index is -4.17. The lowest BCUT2D eigenvalue weighted by Crippen LogP contribution is -2.38. The zero-order chi connectivity index (χ0) is 21.9. The molecule has 0 saturated heterocycles. The summed E-state index contributed by atoms with van der Waals surface area (Å²) < 4.78 is 55.0. The highest BCUT2D eigenvalue weighted by molar-refractivity contribution is 7.92. The largest absolute Gasteiger partial charge is 0.320 e. The van der Waals surface area contributed by atoms with Gasteiger partial charge in [-0.15, -0.1) is 0 Å². The normalized spacial score (nSPS) is 11.2. The van der Waals surface area contributed by atoms with Gasteiger partial charge < -0.3 is 5.32 Å². The number of aryl methyl sites for hydroxylation is 1. The van der Waals surface area contributed by atoms with Crippen LogP contribution in [0.4, 0.5) is 20.2 Å². The van der Waals surface area contributed by atoms with Crippen molar-refractivity contribution in [1.29, 1.82) is 0 Å². The van der Waals surface area contributed by atoms with Crippen LogP contribution in [0.2, 0.25) is 5.02 Å². The number of benzene rings is 3. The number of para-hydroxylation sites is 1. The topological polar surface area (TPSA) is 66.5 Å². The number of hydrogen-bond acceptors (Lipinski definition) is 3. The Kier molecular flexibility index (Phi) is 6.38. The molecule has 1 N–H and O–H groups in total. The van der Waals surface area contributed by atoms with Crippen LogP contribution in [0, 0.1) is 18.6 Å². The fourth-order valence-corrected chi connectivity index (χ4v) is 4.31. The fraction of sp³-hybridized carbons (Fsp3) is 0.0952. The number of nitrogens with one attached hydrogen (secondary N) is 1. The highest BCUT2D eigenvalue weighted by atomic mass is 35.5. The number of nitrogens with zero attached hydrogens (tertiary/aromatic N) is 1. The molecule has 0 unspecified atom stereocenters. The van der Waals surface area contributed by atoms with Crippen LogP contribution in [0.5, 0.6) is 0 Å². The van der Waals surface area contributed by atoms with Gasteiger partial charge in [-0.25, -0.2) is 17.2 Å². The number of anilines is 2. The summed E-state index contributed by atoms with van der Waals surface area (Å²) in [4.78, 5) is 12.5. The molecule has 0 aromatic heterocycles. The lowest BCUT2D eigenvalue weighted by Gasteiger charge is -2.24. The smallest absolute Gasteiger partial charge is 0.264 e. The molecule has 0 aliphatic heterocycles. The Hall–Kier alpha value is -2.97. The van der Waals surface area contributed by atoms with Crippen LogP contribution in [0.15, 0.2) is 71.6 Å². The number of carbonyl (C=O) groups is 1. The summed E-state index contributed by atoms with van der Waals surface area (Å²) in [6.07, 6.45) is 0. The van der Waals surface area contributed by atoms with Crippen molar-refractivity contribution in [2.24, 2.45) is 0 Å². The molecule has 0 aliphatic rings. The van der Waals surface area contributed by atoms with Crippen molar-refractivity contribution in [1.82, 2.24) is 0 Å². The first-order valence-electron chi connectivity index (χ1n) is 8.77. The molecule has 1 amide bonds.